The van der Waals surface area contributed by atoms with Crippen LogP contribution in [0, 0.1) is 0 Å². The summed E-state index contributed by atoms with van der Waals surface area (Å²) in [4.78, 5) is 13.0. The summed E-state index contributed by atoms with van der Waals surface area (Å²) >= 11 is 0. The van der Waals surface area contributed by atoms with Crippen molar-refractivity contribution in [1.82, 2.24) is 4.90 Å². The number of likely N-dealkylation sites (N-methyl/N-ethyl adjacent to an activating group) is 1. The summed E-state index contributed by atoms with van der Waals surface area (Å²) in [5.74, 6) is 0.0700. The van der Waals surface area contributed by atoms with Crippen molar-refractivity contribution >= 4 is 5.91 Å². The number of carbonyl (C=O) groups is 1. The fourth-order valence-electron chi connectivity index (χ4n) is 0.667. The molecule has 0 saturated heterocycles. The molecule has 3 nitrogen and oxygen atoms in total. The predicted molar refractivity (Wildman–Crippen MR) is 48.7 cm³/mol. The van der Waals surface area contributed by atoms with Crippen LogP contribution in [0.4, 0.5) is 0 Å². The Kier molecular flexibility index (Phi) is 4.40. The van der Waals surface area contributed by atoms with Gasteiger partial charge in [-0.3, -0.25) is 4.79 Å². The molecule has 12 heavy (non-hydrogen) atoms. The smallest absolute Gasteiger partial charge is 0.288 e. The van der Waals surface area contributed by atoms with E-state index in [0.717, 1.165) is 0 Å². The van der Waals surface area contributed by atoms with Gasteiger partial charge in [-0.2, -0.15) is 0 Å². The molecule has 3 heteroatoms. The van der Waals surface area contributed by atoms with Crippen molar-refractivity contribution in [3.05, 3.63) is 12.3 Å². The van der Waals surface area contributed by atoms with Gasteiger partial charge in [-0.1, -0.05) is 6.58 Å². The molecule has 0 N–H and O–H groups in total. The number of hydrogen-bond donors (Lipinski definition) is 0. The Bertz CT molecular complexity index is 175. The highest BCUT2D eigenvalue weighted by molar-refractivity contribution is 5.90. The second kappa shape index (κ2) is 4.80. The first-order valence-corrected chi connectivity index (χ1v) is 4.09. The lowest BCUT2D eigenvalue weighted by molar-refractivity contribution is -0.130. The van der Waals surface area contributed by atoms with Gasteiger partial charge in [-0.05, 0) is 20.8 Å². The third-order valence-corrected chi connectivity index (χ3v) is 1.65. The molecule has 0 aromatic heterocycles. The zero-order chi connectivity index (χ0) is 9.72. The van der Waals surface area contributed by atoms with E-state index < -0.39 is 0 Å². The maximum absolute atomic E-state index is 11.4. The second-order valence-corrected chi connectivity index (χ2v) is 2.87. The third kappa shape index (κ3) is 2.95. The molecule has 70 valence electrons. The molecule has 0 aromatic carbocycles. The molecule has 0 saturated carbocycles. The summed E-state index contributed by atoms with van der Waals surface area (Å²) in [5.41, 5.74) is 0. The Hall–Kier alpha value is -0.990. The molecule has 0 rings (SSSR count). The van der Waals surface area contributed by atoms with E-state index in [0.29, 0.717) is 6.61 Å². The van der Waals surface area contributed by atoms with E-state index in [1.807, 2.05) is 20.8 Å². The quantitative estimate of drug-likeness (QED) is 0.472. The SMILES string of the molecule is C=C(OCC)C(=O)N(C)C(C)C. The van der Waals surface area contributed by atoms with Crippen molar-refractivity contribution in [2.24, 2.45) is 0 Å². The Morgan fingerprint density at radius 1 is 1.58 bits per heavy atom. The standard InChI is InChI=1S/C9H17NO2/c1-6-12-8(4)9(11)10(5)7(2)3/h7H,4,6H2,1-3,5H3. The van der Waals surface area contributed by atoms with Gasteiger partial charge in [0.2, 0.25) is 0 Å². The molecule has 0 aliphatic rings. The van der Waals surface area contributed by atoms with Gasteiger partial charge in [0.25, 0.3) is 5.91 Å². The molecule has 0 heterocycles. The van der Waals surface area contributed by atoms with Crippen LogP contribution in [-0.2, 0) is 9.53 Å². The summed E-state index contributed by atoms with van der Waals surface area (Å²) in [5, 5.41) is 0. The lowest BCUT2D eigenvalue weighted by Gasteiger charge is -2.21. The zero-order valence-corrected chi connectivity index (χ0v) is 8.26. The van der Waals surface area contributed by atoms with Crippen LogP contribution in [0.3, 0.4) is 0 Å². The molecular weight excluding hydrogens is 154 g/mol. The summed E-state index contributed by atoms with van der Waals surface area (Å²) in [6.45, 7) is 9.73. The normalized spacial score (nSPS) is 9.75. The van der Waals surface area contributed by atoms with Gasteiger partial charge in [0, 0.05) is 13.1 Å². The van der Waals surface area contributed by atoms with Crippen LogP contribution in [0.2, 0.25) is 0 Å². The Morgan fingerprint density at radius 3 is 2.42 bits per heavy atom. The monoisotopic (exact) mass is 171 g/mol. The molecule has 0 fully saturated rings. The number of ether oxygens (including phenoxy) is 1. The van der Waals surface area contributed by atoms with Crippen molar-refractivity contribution < 1.29 is 9.53 Å². The molecule has 1 amide bonds. The number of nitrogens with zero attached hydrogens (tertiary/aromatic N) is 1. The Balaban J connectivity index is 4.10. The molecule has 0 bridgehead atoms. The van der Waals surface area contributed by atoms with Crippen LogP contribution in [-0.4, -0.2) is 30.5 Å². The summed E-state index contributed by atoms with van der Waals surface area (Å²) < 4.78 is 4.99. The van der Waals surface area contributed by atoms with Gasteiger partial charge in [-0.15, -0.1) is 0 Å². The summed E-state index contributed by atoms with van der Waals surface area (Å²) in [6.07, 6.45) is 0. The fourth-order valence-corrected chi connectivity index (χ4v) is 0.667. The van der Waals surface area contributed by atoms with Gasteiger partial charge >= 0.3 is 0 Å². The van der Waals surface area contributed by atoms with E-state index in [2.05, 4.69) is 6.58 Å². The van der Waals surface area contributed by atoms with Crippen LogP contribution < -0.4 is 0 Å². The van der Waals surface area contributed by atoms with Crippen molar-refractivity contribution in [2.45, 2.75) is 26.8 Å². The first-order chi connectivity index (χ1) is 5.50. The van der Waals surface area contributed by atoms with E-state index in [1.165, 1.54) is 0 Å². The minimum Gasteiger partial charge on any atom is -0.489 e. The average Bonchev–Trinajstić information content (AvgIpc) is 2.02. The number of amides is 1. The van der Waals surface area contributed by atoms with Gasteiger partial charge < -0.3 is 9.64 Å². The van der Waals surface area contributed by atoms with Crippen molar-refractivity contribution in [1.29, 1.82) is 0 Å². The van der Waals surface area contributed by atoms with E-state index in [4.69, 9.17) is 4.74 Å². The van der Waals surface area contributed by atoms with E-state index >= 15 is 0 Å². The van der Waals surface area contributed by atoms with Crippen LogP contribution in [0.5, 0.6) is 0 Å². The lowest BCUT2D eigenvalue weighted by Crippen LogP contribution is -2.34. The molecule has 0 aromatic rings. The largest absolute Gasteiger partial charge is 0.489 e. The summed E-state index contributed by atoms with van der Waals surface area (Å²) in [7, 11) is 1.73. The van der Waals surface area contributed by atoms with E-state index in [1.54, 1.807) is 11.9 Å². The first kappa shape index (κ1) is 11.0. The lowest BCUT2D eigenvalue weighted by atomic mass is 10.3. The van der Waals surface area contributed by atoms with E-state index in [-0.39, 0.29) is 17.7 Å². The van der Waals surface area contributed by atoms with Crippen molar-refractivity contribution in [2.75, 3.05) is 13.7 Å². The van der Waals surface area contributed by atoms with Crippen LogP contribution in [0.1, 0.15) is 20.8 Å². The minimum absolute atomic E-state index is 0.146. The van der Waals surface area contributed by atoms with Crippen molar-refractivity contribution in [3.8, 4) is 0 Å². The van der Waals surface area contributed by atoms with Crippen molar-refractivity contribution in [3.63, 3.8) is 0 Å². The number of rotatable bonds is 4. The minimum atomic E-state index is -0.146. The maximum Gasteiger partial charge on any atom is 0.288 e. The molecule has 0 unspecified atom stereocenters. The highest BCUT2D eigenvalue weighted by Crippen LogP contribution is 2.02. The number of carbonyl (C=O) groups excluding carboxylic acids is 1. The Morgan fingerprint density at radius 2 is 2.08 bits per heavy atom. The average molecular weight is 171 g/mol. The molecule has 0 spiro atoms. The Labute approximate surface area is 74.0 Å². The first-order valence-electron chi connectivity index (χ1n) is 4.09. The van der Waals surface area contributed by atoms with Crippen LogP contribution in [0.25, 0.3) is 0 Å². The highest BCUT2D eigenvalue weighted by Gasteiger charge is 2.15. The fraction of sp³-hybridized carbons (Fsp3) is 0.667. The topological polar surface area (TPSA) is 29.5 Å². The zero-order valence-electron chi connectivity index (χ0n) is 8.26. The molecule has 0 aliphatic heterocycles. The predicted octanol–water partition coefficient (Wildman–Crippen LogP) is 1.40. The molecule has 0 atom stereocenters. The molecule has 0 aliphatic carbocycles. The third-order valence-electron chi connectivity index (χ3n) is 1.65. The molecule has 0 radical (unpaired) electrons. The second-order valence-electron chi connectivity index (χ2n) is 2.87. The van der Waals surface area contributed by atoms with E-state index in [9.17, 15) is 4.79 Å². The number of hydrogen-bond acceptors (Lipinski definition) is 2. The highest BCUT2D eigenvalue weighted by atomic mass is 16.5. The van der Waals surface area contributed by atoms with Gasteiger partial charge in [0.15, 0.2) is 5.76 Å². The van der Waals surface area contributed by atoms with Crippen LogP contribution >= 0.6 is 0 Å². The van der Waals surface area contributed by atoms with Crippen LogP contribution in [0.15, 0.2) is 12.3 Å². The summed E-state index contributed by atoms with van der Waals surface area (Å²) in [6, 6.07) is 0.176. The molecular formula is C9H17NO2. The van der Waals surface area contributed by atoms with Gasteiger partial charge in [0.1, 0.15) is 0 Å². The van der Waals surface area contributed by atoms with Gasteiger partial charge in [0.05, 0.1) is 6.61 Å². The maximum atomic E-state index is 11.4. The van der Waals surface area contributed by atoms with Gasteiger partial charge in [-0.25, -0.2) is 0 Å².